The first-order valence-corrected chi connectivity index (χ1v) is 8.15. The molecule has 1 unspecified atom stereocenters. The van der Waals surface area contributed by atoms with E-state index in [1.807, 2.05) is 24.1 Å². The second-order valence-electron chi connectivity index (χ2n) is 5.02. The van der Waals surface area contributed by atoms with Gasteiger partial charge in [0.1, 0.15) is 0 Å². The minimum atomic E-state index is 0.135. The van der Waals surface area contributed by atoms with Crippen molar-refractivity contribution in [2.45, 2.75) is 32.5 Å². The maximum absolute atomic E-state index is 12.5. The average molecular weight is 278 g/mol. The predicted molar refractivity (Wildman–Crippen MR) is 81.5 cm³/mol. The molecule has 3 nitrogen and oxygen atoms in total. The fraction of sp³-hybridized carbons (Fsp3) is 0.533. The van der Waals surface area contributed by atoms with E-state index < -0.39 is 0 Å². The quantitative estimate of drug-likeness (QED) is 0.898. The van der Waals surface area contributed by atoms with E-state index in [0.29, 0.717) is 6.04 Å². The van der Waals surface area contributed by atoms with Gasteiger partial charge in [0.05, 0.1) is 0 Å². The summed E-state index contributed by atoms with van der Waals surface area (Å²) < 4.78 is 0. The van der Waals surface area contributed by atoms with E-state index in [-0.39, 0.29) is 5.91 Å². The van der Waals surface area contributed by atoms with E-state index in [2.05, 4.69) is 24.6 Å². The summed E-state index contributed by atoms with van der Waals surface area (Å²) in [6.07, 6.45) is 3.08. The highest BCUT2D eigenvalue weighted by molar-refractivity contribution is 7.98. The van der Waals surface area contributed by atoms with Crippen LogP contribution in [-0.4, -0.2) is 35.9 Å². The zero-order valence-corrected chi connectivity index (χ0v) is 12.7. The van der Waals surface area contributed by atoms with E-state index in [1.165, 1.54) is 11.1 Å². The molecule has 0 fully saturated rings. The number of hydrogen-bond acceptors (Lipinski definition) is 3. The average Bonchev–Trinajstić information content (AvgIpc) is 2.90. The second kappa shape index (κ2) is 6.44. The van der Waals surface area contributed by atoms with E-state index in [4.69, 9.17) is 0 Å². The van der Waals surface area contributed by atoms with Gasteiger partial charge >= 0.3 is 0 Å². The lowest BCUT2D eigenvalue weighted by atomic mass is 10.0. The molecule has 1 amide bonds. The van der Waals surface area contributed by atoms with Gasteiger partial charge in [0.25, 0.3) is 5.91 Å². The molecule has 1 aromatic carbocycles. The Balaban J connectivity index is 2.14. The van der Waals surface area contributed by atoms with Crippen molar-refractivity contribution in [1.29, 1.82) is 0 Å². The number of fused-ring (bicyclic) bond motifs is 1. The molecule has 0 bridgehead atoms. The van der Waals surface area contributed by atoms with Gasteiger partial charge in [0, 0.05) is 37.5 Å². The molecule has 0 aromatic heterocycles. The number of amides is 1. The van der Waals surface area contributed by atoms with Crippen LogP contribution in [0.2, 0.25) is 0 Å². The maximum Gasteiger partial charge on any atom is 0.253 e. The summed E-state index contributed by atoms with van der Waals surface area (Å²) in [6, 6.07) is 6.39. The Labute approximate surface area is 119 Å². The van der Waals surface area contributed by atoms with Crippen LogP contribution in [0.15, 0.2) is 18.2 Å². The highest BCUT2D eigenvalue weighted by Gasteiger charge is 2.21. The van der Waals surface area contributed by atoms with Gasteiger partial charge in [-0.3, -0.25) is 4.79 Å². The normalized spacial score (nSPS) is 15.1. The molecule has 19 heavy (non-hydrogen) atoms. The molecule has 1 atom stereocenters. The molecule has 1 heterocycles. The first-order valence-electron chi connectivity index (χ1n) is 6.76. The molecule has 1 aromatic rings. The van der Waals surface area contributed by atoms with E-state index in [1.54, 1.807) is 11.8 Å². The summed E-state index contributed by atoms with van der Waals surface area (Å²) in [7, 11) is 1.91. The summed E-state index contributed by atoms with van der Waals surface area (Å²) in [5, 5.41) is 3.31. The van der Waals surface area contributed by atoms with Crippen molar-refractivity contribution in [3.05, 3.63) is 34.9 Å². The lowest BCUT2D eigenvalue weighted by Crippen LogP contribution is -2.38. The zero-order chi connectivity index (χ0) is 13.8. The van der Waals surface area contributed by atoms with Crippen LogP contribution in [0.1, 0.15) is 34.8 Å². The molecule has 0 radical (unpaired) electrons. The first kappa shape index (κ1) is 14.4. The molecule has 0 aliphatic carbocycles. The third-order valence-electron chi connectivity index (χ3n) is 3.78. The van der Waals surface area contributed by atoms with Crippen molar-refractivity contribution in [3.8, 4) is 0 Å². The van der Waals surface area contributed by atoms with Crippen molar-refractivity contribution in [2.24, 2.45) is 0 Å². The van der Waals surface area contributed by atoms with Gasteiger partial charge in [-0.25, -0.2) is 0 Å². The number of thioether (sulfide) groups is 1. The number of carbonyl (C=O) groups excluding carboxylic acids is 1. The summed E-state index contributed by atoms with van der Waals surface area (Å²) >= 11 is 1.79. The van der Waals surface area contributed by atoms with Crippen LogP contribution >= 0.6 is 11.8 Å². The standard InChI is InChI=1S/C15H22N2OS/c1-4-14(10-19-3)17(2)15(18)11-5-6-12-8-16-9-13(12)7-11/h5-7,14,16H,4,8-10H2,1-3H3. The van der Waals surface area contributed by atoms with E-state index in [9.17, 15) is 4.79 Å². The summed E-state index contributed by atoms with van der Waals surface area (Å²) in [5.74, 6) is 1.13. The Bertz CT molecular complexity index is 461. The van der Waals surface area contributed by atoms with E-state index >= 15 is 0 Å². The van der Waals surface area contributed by atoms with Crippen molar-refractivity contribution >= 4 is 17.7 Å². The van der Waals surface area contributed by atoms with Gasteiger partial charge in [-0.1, -0.05) is 13.0 Å². The molecule has 2 rings (SSSR count). The van der Waals surface area contributed by atoms with Crippen LogP contribution in [0.3, 0.4) is 0 Å². The number of nitrogens with one attached hydrogen (secondary N) is 1. The Morgan fingerprint density at radius 2 is 2.16 bits per heavy atom. The SMILES string of the molecule is CCC(CSC)N(C)C(=O)c1ccc2c(c1)CNC2. The fourth-order valence-corrected chi connectivity index (χ4v) is 3.34. The molecule has 0 saturated heterocycles. The first-order chi connectivity index (χ1) is 9.17. The largest absolute Gasteiger partial charge is 0.338 e. The van der Waals surface area contributed by atoms with Gasteiger partial charge in [0.2, 0.25) is 0 Å². The van der Waals surface area contributed by atoms with Gasteiger partial charge in [0.15, 0.2) is 0 Å². The van der Waals surface area contributed by atoms with Crippen LogP contribution in [0, 0.1) is 0 Å². The molecule has 1 aliphatic rings. The van der Waals surface area contributed by atoms with Crippen molar-refractivity contribution in [1.82, 2.24) is 10.2 Å². The third kappa shape index (κ3) is 3.12. The number of rotatable bonds is 5. The highest BCUT2D eigenvalue weighted by Crippen LogP contribution is 2.19. The van der Waals surface area contributed by atoms with Gasteiger partial charge in [-0.05, 0) is 35.9 Å². The highest BCUT2D eigenvalue weighted by atomic mass is 32.2. The Hall–Kier alpha value is -1.00. The molecule has 1 aliphatic heterocycles. The number of nitrogens with zero attached hydrogens (tertiary/aromatic N) is 1. The molecule has 0 spiro atoms. The number of hydrogen-bond donors (Lipinski definition) is 1. The monoisotopic (exact) mass is 278 g/mol. The maximum atomic E-state index is 12.5. The summed E-state index contributed by atoms with van der Waals surface area (Å²) in [6.45, 7) is 3.93. The predicted octanol–water partition coefficient (Wildman–Crippen LogP) is 2.50. The van der Waals surface area contributed by atoms with E-state index in [0.717, 1.165) is 30.8 Å². The molecular formula is C15H22N2OS. The van der Waals surface area contributed by atoms with Crippen LogP contribution < -0.4 is 5.32 Å². The lowest BCUT2D eigenvalue weighted by Gasteiger charge is -2.27. The topological polar surface area (TPSA) is 32.3 Å². The van der Waals surface area contributed by atoms with Crippen LogP contribution in [0.4, 0.5) is 0 Å². The van der Waals surface area contributed by atoms with Gasteiger partial charge < -0.3 is 10.2 Å². The van der Waals surface area contributed by atoms with Crippen molar-refractivity contribution in [3.63, 3.8) is 0 Å². The molecule has 4 heteroatoms. The lowest BCUT2D eigenvalue weighted by molar-refractivity contribution is 0.0743. The van der Waals surface area contributed by atoms with Crippen molar-refractivity contribution in [2.75, 3.05) is 19.1 Å². The Morgan fingerprint density at radius 1 is 1.42 bits per heavy atom. The molecule has 0 saturated carbocycles. The van der Waals surface area contributed by atoms with Gasteiger partial charge in [-0.2, -0.15) is 11.8 Å². The summed E-state index contributed by atoms with van der Waals surface area (Å²) in [4.78, 5) is 14.4. The van der Waals surface area contributed by atoms with Gasteiger partial charge in [-0.15, -0.1) is 0 Å². The number of benzene rings is 1. The Kier molecular flexibility index (Phi) is 4.88. The van der Waals surface area contributed by atoms with Crippen LogP contribution in [0.5, 0.6) is 0 Å². The van der Waals surface area contributed by atoms with Crippen LogP contribution in [-0.2, 0) is 13.1 Å². The van der Waals surface area contributed by atoms with Crippen molar-refractivity contribution < 1.29 is 4.79 Å². The minimum Gasteiger partial charge on any atom is -0.338 e. The molecular weight excluding hydrogens is 256 g/mol. The fourth-order valence-electron chi connectivity index (χ4n) is 2.49. The molecule has 104 valence electrons. The minimum absolute atomic E-state index is 0.135. The number of carbonyl (C=O) groups is 1. The smallest absolute Gasteiger partial charge is 0.253 e. The second-order valence-corrected chi connectivity index (χ2v) is 5.93. The summed E-state index contributed by atoms with van der Waals surface area (Å²) in [5.41, 5.74) is 3.39. The zero-order valence-electron chi connectivity index (χ0n) is 11.9. The third-order valence-corrected chi connectivity index (χ3v) is 4.50. The molecule has 1 N–H and O–H groups in total. The Morgan fingerprint density at radius 3 is 2.84 bits per heavy atom. The van der Waals surface area contributed by atoms with Crippen LogP contribution in [0.25, 0.3) is 0 Å².